The molecule has 0 amide bonds. The van der Waals surface area contributed by atoms with E-state index in [-0.39, 0.29) is 0 Å². The zero-order valence-corrected chi connectivity index (χ0v) is 17.6. The van der Waals surface area contributed by atoms with E-state index in [0.29, 0.717) is 46.6 Å². The molecule has 150 valence electrons. The van der Waals surface area contributed by atoms with Crippen LogP contribution >= 0.6 is 11.6 Å². The number of benzene rings is 2. The maximum absolute atomic E-state index is 9.99. The summed E-state index contributed by atoms with van der Waals surface area (Å²) in [5.74, 6) is 0.453. The molecular weight excluding hydrogens is 396 g/mol. The number of fused-ring (bicyclic) bond motifs is 1. The van der Waals surface area contributed by atoms with Crippen molar-refractivity contribution in [3.63, 3.8) is 0 Å². The average molecular weight is 417 g/mol. The maximum Gasteiger partial charge on any atom is 0.182 e. The van der Waals surface area contributed by atoms with E-state index in [1.807, 2.05) is 42.5 Å². The van der Waals surface area contributed by atoms with Crippen LogP contribution in [0.2, 0.25) is 5.02 Å². The topological polar surface area (TPSA) is 80.3 Å². The molecule has 0 aliphatic rings. The molecule has 6 nitrogen and oxygen atoms in total. The second-order valence-electron chi connectivity index (χ2n) is 7.65. The molecule has 4 aromatic rings. The lowest BCUT2D eigenvalue weighted by Gasteiger charge is -2.12. The Morgan fingerprint density at radius 3 is 2.57 bits per heavy atom. The van der Waals surface area contributed by atoms with Crippen LogP contribution < -0.4 is 0 Å². The number of hydrogen-bond donors (Lipinski definition) is 0. The van der Waals surface area contributed by atoms with Crippen molar-refractivity contribution in [3.05, 3.63) is 82.3 Å². The van der Waals surface area contributed by atoms with Gasteiger partial charge >= 0.3 is 0 Å². The molecule has 2 aromatic heterocycles. The van der Waals surface area contributed by atoms with Crippen molar-refractivity contribution in [3.8, 4) is 6.07 Å². The van der Waals surface area contributed by atoms with Gasteiger partial charge in [0.2, 0.25) is 0 Å². The second kappa shape index (κ2) is 8.60. The molecule has 0 bridgehead atoms. The van der Waals surface area contributed by atoms with Crippen molar-refractivity contribution in [2.24, 2.45) is 5.92 Å². The van der Waals surface area contributed by atoms with Crippen LogP contribution in [0.4, 0.5) is 0 Å². The smallest absolute Gasteiger partial charge is 0.182 e. The van der Waals surface area contributed by atoms with Crippen LogP contribution in [0.1, 0.15) is 42.4 Å². The predicted octanol–water partition coefficient (Wildman–Crippen LogP) is 4.78. The highest BCUT2D eigenvalue weighted by atomic mass is 35.5. The lowest BCUT2D eigenvalue weighted by Crippen LogP contribution is -2.10. The summed E-state index contributed by atoms with van der Waals surface area (Å²) in [6.07, 6.45) is 0.702. The monoisotopic (exact) mass is 416 g/mol. The van der Waals surface area contributed by atoms with Gasteiger partial charge in [0.05, 0.1) is 18.3 Å². The minimum Gasteiger partial charge on any atom is -0.234 e. The molecule has 2 aromatic carbocycles. The molecular formula is C23H21ClN6. The van der Waals surface area contributed by atoms with Crippen LogP contribution in [0.15, 0.2) is 54.6 Å². The highest BCUT2D eigenvalue weighted by molar-refractivity contribution is 6.30. The SMILES string of the molecule is CC(C)Cc1nc(C(C#N)c2cccc(Cl)c2)c2nnn(Cc3ccccc3)c2n1. The first kappa shape index (κ1) is 20.0. The third-order valence-electron chi connectivity index (χ3n) is 4.79. The van der Waals surface area contributed by atoms with Crippen molar-refractivity contribution < 1.29 is 0 Å². The van der Waals surface area contributed by atoms with E-state index in [9.17, 15) is 5.26 Å². The van der Waals surface area contributed by atoms with E-state index < -0.39 is 5.92 Å². The maximum atomic E-state index is 9.99. The first-order valence-electron chi connectivity index (χ1n) is 9.84. The van der Waals surface area contributed by atoms with Gasteiger partial charge in [0.15, 0.2) is 11.2 Å². The number of aromatic nitrogens is 5. The van der Waals surface area contributed by atoms with Gasteiger partial charge in [0, 0.05) is 11.4 Å². The predicted molar refractivity (Wildman–Crippen MR) is 116 cm³/mol. The van der Waals surface area contributed by atoms with Crippen LogP contribution in [0, 0.1) is 17.2 Å². The van der Waals surface area contributed by atoms with Gasteiger partial charge in [-0.3, -0.25) is 0 Å². The Bertz CT molecular complexity index is 1210. The molecule has 0 saturated carbocycles. The highest BCUT2D eigenvalue weighted by Crippen LogP contribution is 2.29. The summed E-state index contributed by atoms with van der Waals surface area (Å²) in [7, 11) is 0. The molecule has 0 N–H and O–H groups in total. The number of nitriles is 1. The average Bonchev–Trinajstić information content (AvgIpc) is 3.12. The lowest BCUT2D eigenvalue weighted by atomic mass is 9.96. The molecule has 1 unspecified atom stereocenters. The lowest BCUT2D eigenvalue weighted by molar-refractivity contribution is 0.615. The summed E-state index contributed by atoms with van der Waals surface area (Å²) < 4.78 is 1.77. The Hall–Kier alpha value is -3.30. The first-order valence-corrected chi connectivity index (χ1v) is 10.2. The molecule has 0 fully saturated rings. The van der Waals surface area contributed by atoms with E-state index in [1.54, 1.807) is 16.8 Å². The van der Waals surface area contributed by atoms with Gasteiger partial charge in [0.25, 0.3) is 0 Å². The minimum atomic E-state index is -0.609. The first-order chi connectivity index (χ1) is 14.5. The third-order valence-corrected chi connectivity index (χ3v) is 5.02. The van der Waals surface area contributed by atoms with Crippen LogP contribution in [0.3, 0.4) is 0 Å². The standard InChI is InChI=1S/C23H21ClN6/c1-15(2)11-20-26-21(19(13-25)17-9-6-10-18(24)12-17)22-23(27-20)30(29-28-22)14-16-7-4-3-5-8-16/h3-10,12,15,19H,11,14H2,1-2H3. The number of hydrogen-bond acceptors (Lipinski definition) is 5. The van der Waals surface area contributed by atoms with E-state index >= 15 is 0 Å². The zero-order chi connectivity index (χ0) is 21.1. The zero-order valence-electron chi connectivity index (χ0n) is 16.8. The van der Waals surface area contributed by atoms with Gasteiger partial charge in [-0.2, -0.15) is 5.26 Å². The summed E-state index contributed by atoms with van der Waals surface area (Å²) in [6.45, 7) is 4.78. The summed E-state index contributed by atoms with van der Waals surface area (Å²) in [4.78, 5) is 9.50. The fourth-order valence-corrected chi connectivity index (χ4v) is 3.62. The van der Waals surface area contributed by atoms with Crippen LogP contribution in [0.5, 0.6) is 0 Å². The quantitative estimate of drug-likeness (QED) is 0.452. The number of nitrogens with zero attached hydrogens (tertiary/aromatic N) is 6. The summed E-state index contributed by atoms with van der Waals surface area (Å²) in [6, 6.07) is 19.7. The summed E-state index contributed by atoms with van der Waals surface area (Å²) >= 11 is 6.17. The molecule has 30 heavy (non-hydrogen) atoms. The molecule has 4 rings (SSSR count). The fourth-order valence-electron chi connectivity index (χ4n) is 3.42. The van der Waals surface area contributed by atoms with Gasteiger partial charge in [-0.15, -0.1) is 5.10 Å². The summed E-state index contributed by atoms with van der Waals surface area (Å²) in [5, 5.41) is 19.3. The Morgan fingerprint density at radius 2 is 1.87 bits per heavy atom. The van der Waals surface area contributed by atoms with Crippen molar-refractivity contribution in [2.75, 3.05) is 0 Å². The van der Waals surface area contributed by atoms with Crippen molar-refractivity contribution in [2.45, 2.75) is 32.7 Å². The minimum absolute atomic E-state index is 0.375. The van der Waals surface area contributed by atoms with E-state index in [4.69, 9.17) is 21.6 Å². The van der Waals surface area contributed by atoms with E-state index in [0.717, 1.165) is 11.1 Å². The van der Waals surface area contributed by atoms with Crippen molar-refractivity contribution in [1.82, 2.24) is 25.0 Å². The second-order valence-corrected chi connectivity index (χ2v) is 8.08. The van der Waals surface area contributed by atoms with Crippen molar-refractivity contribution >= 4 is 22.8 Å². The Morgan fingerprint density at radius 1 is 1.07 bits per heavy atom. The van der Waals surface area contributed by atoms with Crippen LogP contribution in [-0.2, 0) is 13.0 Å². The normalized spacial score (nSPS) is 12.2. The summed E-state index contributed by atoms with van der Waals surface area (Å²) in [5.41, 5.74) is 3.63. The van der Waals surface area contributed by atoms with E-state index in [2.05, 4.69) is 30.2 Å². The molecule has 7 heteroatoms. The van der Waals surface area contributed by atoms with Crippen molar-refractivity contribution in [1.29, 1.82) is 5.26 Å². The molecule has 0 aliphatic carbocycles. The van der Waals surface area contributed by atoms with Gasteiger partial charge < -0.3 is 0 Å². The van der Waals surface area contributed by atoms with Gasteiger partial charge in [-0.1, -0.05) is 73.1 Å². The Kier molecular flexibility index (Phi) is 5.73. The molecule has 0 aliphatic heterocycles. The largest absolute Gasteiger partial charge is 0.234 e. The van der Waals surface area contributed by atoms with E-state index in [1.165, 1.54) is 0 Å². The molecule has 1 atom stereocenters. The number of rotatable bonds is 6. The van der Waals surface area contributed by atoms with Gasteiger partial charge in [-0.25, -0.2) is 14.6 Å². The fraction of sp³-hybridized carbons (Fsp3) is 0.261. The third kappa shape index (κ3) is 4.17. The Balaban J connectivity index is 1.86. The van der Waals surface area contributed by atoms with Gasteiger partial charge in [0.1, 0.15) is 11.7 Å². The van der Waals surface area contributed by atoms with Gasteiger partial charge in [-0.05, 0) is 29.2 Å². The Labute approximate surface area is 180 Å². The molecule has 0 saturated heterocycles. The molecule has 0 radical (unpaired) electrons. The van der Waals surface area contributed by atoms with Crippen LogP contribution in [0.25, 0.3) is 11.2 Å². The molecule has 2 heterocycles. The van der Waals surface area contributed by atoms with Crippen LogP contribution in [-0.4, -0.2) is 25.0 Å². The highest BCUT2D eigenvalue weighted by Gasteiger charge is 2.24. The molecule has 0 spiro atoms. The number of halogens is 1.